The molecule has 0 spiro atoms. The second kappa shape index (κ2) is 7.59. The topological polar surface area (TPSA) is 64.8 Å². The zero-order valence-corrected chi connectivity index (χ0v) is 14.9. The van der Waals surface area contributed by atoms with Gasteiger partial charge in [0.1, 0.15) is 28.5 Å². The zero-order valence-electron chi connectivity index (χ0n) is 14.9. The molecule has 0 aliphatic carbocycles. The Kier molecular flexibility index (Phi) is 5.26. The minimum absolute atomic E-state index is 0.0953. The first-order valence-electron chi connectivity index (χ1n) is 8.61. The van der Waals surface area contributed by atoms with Gasteiger partial charge < -0.3 is 18.9 Å². The number of benzene rings is 1. The molecule has 1 atom stereocenters. The molecule has 1 saturated heterocycles. The third-order valence-corrected chi connectivity index (χ3v) is 4.64. The van der Waals surface area contributed by atoms with Crippen molar-refractivity contribution < 1.29 is 18.8 Å². The number of aromatic nitrogens is 1. The van der Waals surface area contributed by atoms with E-state index in [0.717, 1.165) is 37.1 Å². The van der Waals surface area contributed by atoms with Gasteiger partial charge in [-0.05, 0) is 31.9 Å². The van der Waals surface area contributed by atoms with Gasteiger partial charge in [-0.1, -0.05) is 24.1 Å². The van der Waals surface area contributed by atoms with E-state index in [0.29, 0.717) is 23.6 Å². The van der Waals surface area contributed by atoms with Gasteiger partial charge in [-0.25, -0.2) is 0 Å². The van der Waals surface area contributed by atoms with Crippen LogP contribution in [-0.4, -0.2) is 36.7 Å². The predicted octanol–water partition coefficient (Wildman–Crippen LogP) is 3.76. The maximum Gasteiger partial charge on any atom is 0.261 e. The Labute approximate surface area is 147 Å². The summed E-state index contributed by atoms with van der Waals surface area (Å²) in [7, 11) is 3.12. The van der Waals surface area contributed by atoms with Crippen LogP contribution < -0.4 is 9.47 Å². The highest BCUT2D eigenvalue weighted by atomic mass is 16.5. The lowest BCUT2D eigenvalue weighted by atomic mass is 10.0. The van der Waals surface area contributed by atoms with Gasteiger partial charge >= 0.3 is 0 Å². The van der Waals surface area contributed by atoms with Crippen LogP contribution in [0.3, 0.4) is 0 Å². The maximum atomic E-state index is 13.4. The molecule has 6 nitrogen and oxygen atoms in total. The summed E-state index contributed by atoms with van der Waals surface area (Å²) in [4.78, 5) is 15.3. The molecule has 0 unspecified atom stereocenters. The molecular formula is C19H24N2O4. The van der Waals surface area contributed by atoms with Crippen molar-refractivity contribution in [3.05, 3.63) is 41.3 Å². The summed E-state index contributed by atoms with van der Waals surface area (Å²) in [5, 5.41) is 4.16. The number of hydrogen-bond donors (Lipinski definition) is 0. The van der Waals surface area contributed by atoms with Gasteiger partial charge in [0.2, 0.25) is 0 Å². The Bertz CT molecular complexity index is 719. The van der Waals surface area contributed by atoms with E-state index in [1.807, 2.05) is 24.0 Å². The van der Waals surface area contributed by atoms with E-state index in [1.165, 1.54) is 0 Å². The summed E-state index contributed by atoms with van der Waals surface area (Å²) in [5.74, 6) is 1.69. The Balaban J connectivity index is 2.01. The van der Waals surface area contributed by atoms with Crippen molar-refractivity contribution in [3.63, 3.8) is 0 Å². The van der Waals surface area contributed by atoms with E-state index in [9.17, 15) is 4.79 Å². The second-order valence-electron chi connectivity index (χ2n) is 6.26. The van der Waals surface area contributed by atoms with E-state index in [1.54, 1.807) is 26.4 Å². The average molecular weight is 344 g/mol. The Morgan fingerprint density at radius 1 is 1.20 bits per heavy atom. The number of carbonyl (C=O) groups excluding carboxylic acids is 1. The fourth-order valence-corrected chi connectivity index (χ4v) is 3.41. The van der Waals surface area contributed by atoms with Gasteiger partial charge in [-0.3, -0.25) is 4.79 Å². The highest BCUT2D eigenvalue weighted by Gasteiger charge is 2.32. The van der Waals surface area contributed by atoms with Gasteiger partial charge in [0.15, 0.2) is 0 Å². The number of amides is 1. The van der Waals surface area contributed by atoms with Gasteiger partial charge in [0.25, 0.3) is 5.91 Å². The number of ether oxygens (including phenoxy) is 2. The van der Waals surface area contributed by atoms with Crippen LogP contribution in [0.1, 0.15) is 53.5 Å². The number of carbonyl (C=O) groups is 1. The van der Waals surface area contributed by atoms with Crippen LogP contribution in [0.5, 0.6) is 11.5 Å². The van der Waals surface area contributed by atoms with Crippen LogP contribution in [0.2, 0.25) is 0 Å². The smallest absolute Gasteiger partial charge is 0.261 e. The molecule has 134 valence electrons. The van der Waals surface area contributed by atoms with Crippen molar-refractivity contribution in [2.75, 3.05) is 20.8 Å². The van der Waals surface area contributed by atoms with Gasteiger partial charge in [-0.15, -0.1) is 0 Å². The lowest BCUT2D eigenvalue weighted by molar-refractivity contribution is 0.0667. The van der Waals surface area contributed by atoms with Gasteiger partial charge in [0.05, 0.1) is 20.3 Å². The van der Waals surface area contributed by atoms with Crippen molar-refractivity contribution in [3.8, 4) is 11.5 Å². The third-order valence-electron chi connectivity index (χ3n) is 4.64. The SMILES string of the molecule is COc1cccc(OC)c1C(=O)N1CCCCC[C@@H]1c1cc(C)on1. The molecular weight excluding hydrogens is 320 g/mol. The fourth-order valence-electron chi connectivity index (χ4n) is 3.41. The van der Waals surface area contributed by atoms with Crippen molar-refractivity contribution in [1.29, 1.82) is 0 Å². The largest absolute Gasteiger partial charge is 0.496 e. The third kappa shape index (κ3) is 3.48. The van der Waals surface area contributed by atoms with Crippen LogP contribution >= 0.6 is 0 Å². The summed E-state index contributed by atoms with van der Waals surface area (Å²) in [6.07, 6.45) is 4.00. The van der Waals surface area contributed by atoms with Gasteiger partial charge in [0, 0.05) is 12.6 Å². The molecule has 1 aliphatic heterocycles. The molecule has 0 radical (unpaired) electrons. The first kappa shape index (κ1) is 17.3. The molecule has 0 saturated carbocycles. The molecule has 2 aromatic rings. The van der Waals surface area contributed by atoms with E-state index in [4.69, 9.17) is 14.0 Å². The standard InChI is InChI=1S/C19H24N2O4/c1-13-12-14(20-25-13)15-8-5-4-6-11-21(15)19(22)18-16(23-2)9-7-10-17(18)24-3/h7,9-10,12,15H,4-6,8,11H2,1-3H3/t15-/m1/s1. The Hall–Kier alpha value is -2.50. The van der Waals surface area contributed by atoms with Crippen LogP contribution in [0, 0.1) is 6.92 Å². The lowest BCUT2D eigenvalue weighted by Gasteiger charge is -2.29. The van der Waals surface area contributed by atoms with E-state index in [-0.39, 0.29) is 11.9 Å². The summed E-state index contributed by atoms with van der Waals surface area (Å²) in [6, 6.07) is 7.19. The Morgan fingerprint density at radius 3 is 2.52 bits per heavy atom. The zero-order chi connectivity index (χ0) is 17.8. The van der Waals surface area contributed by atoms with Crippen molar-refractivity contribution >= 4 is 5.91 Å². The van der Waals surface area contributed by atoms with E-state index in [2.05, 4.69) is 5.16 Å². The van der Waals surface area contributed by atoms with E-state index < -0.39 is 0 Å². The molecule has 0 bridgehead atoms. The monoisotopic (exact) mass is 344 g/mol. The van der Waals surface area contributed by atoms with E-state index >= 15 is 0 Å². The minimum atomic E-state index is -0.0955. The lowest BCUT2D eigenvalue weighted by Crippen LogP contribution is -2.35. The van der Waals surface area contributed by atoms with Crippen molar-refractivity contribution in [2.45, 2.75) is 38.6 Å². The normalized spacial score (nSPS) is 17.9. The van der Waals surface area contributed by atoms with Crippen LogP contribution in [0.15, 0.2) is 28.8 Å². The highest BCUT2D eigenvalue weighted by Crippen LogP contribution is 2.35. The molecule has 2 heterocycles. The Morgan fingerprint density at radius 2 is 1.92 bits per heavy atom. The highest BCUT2D eigenvalue weighted by molar-refractivity contribution is 6.00. The molecule has 1 aromatic heterocycles. The molecule has 6 heteroatoms. The molecule has 25 heavy (non-hydrogen) atoms. The first-order valence-corrected chi connectivity index (χ1v) is 8.61. The maximum absolute atomic E-state index is 13.4. The number of nitrogens with zero attached hydrogens (tertiary/aromatic N) is 2. The van der Waals surface area contributed by atoms with Gasteiger partial charge in [-0.2, -0.15) is 0 Å². The summed E-state index contributed by atoms with van der Waals surface area (Å²) in [6.45, 7) is 2.54. The first-order chi connectivity index (χ1) is 12.2. The minimum Gasteiger partial charge on any atom is -0.496 e. The molecule has 1 aliphatic rings. The molecule has 1 aromatic carbocycles. The number of methoxy groups -OCH3 is 2. The number of hydrogen-bond acceptors (Lipinski definition) is 5. The quantitative estimate of drug-likeness (QED) is 0.845. The summed E-state index contributed by atoms with van der Waals surface area (Å²) >= 11 is 0. The van der Waals surface area contributed by atoms with Crippen LogP contribution in [0.25, 0.3) is 0 Å². The predicted molar refractivity (Wildman–Crippen MR) is 93.0 cm³/mol. The van der Waals surface area contributed by atoms with Crippen molar-refractivity contribution in [2.24, 2.45) is 0 Å². The average Bonchev–Trinajstić information content (AvgIpc) is 2.92. The number of aryl methyl sites for hydroxylation is 1. The number of rotatable bonds is 4. The summed E-state index contributed by atoms with van der Waals surface area (Å²) in [5.41, 5.74) is 1.27. The fraction of sp³-hybridized carbons (Fsp3) is 0.474. The molecule has 1 amide bonds. The van der Waals surface area contributed by atoms with Crippen molar-refractivity contribution in [1.82, 2.24) is 10.1 Å². The second-order valence-corrected chi connectivity index (χ2v) is 6.26. The number of likely N-dealkylation sites (tertiary alicyclic amines) is 1. The molecule has 3 rings (SSSR count). The summed E-state index contributed by atoms with van der Waals surface area (Å²) < 4.78 is 16.1. The molecule has 0 N–H and O–H groups in total. The van der Waals surface area contributed by atoms with Crippen LogP contribution in [-0.2, 0) is 0 Å². The molecule has 1 fully saturated rings. The van der Waals surface area contributed by atoms with Crippen LogP contribution in [0.4, 0.5) is 0 Å².